The van der Waals surface area contributed by atoms with Gasteiger partial charge in [-0.2, -0.15) is 4.31 Å². The van der Waals surface area contributed by atoms with Crippen LogP contribution in [0.25, 0.3) is 5.65 Å². The fourth-order valence-corrected chi connectivity index (χ4v) is 4.22. The first-order valence-corrected chi connectivity index (χ1v) is 9.77. The predicted molar refractivity (Wildman–Crippen MR) is 79.7 cm³/mol. The Bertz CT molecular complexity index is 874. The monoisotopic (exact) mass is 351 g/mol. The summed E-state index contributed by atoms with van der Waals surface area (Å²) in [5.41, 5.74) is 0.401. The molecule has 0 aliphatic carbocycles. The number of fused-ring (bicyclic) bond motifs is 1. The normalized spacial score (nSPS) is 13.1. The zero-order chi connectivity index (χ0) is 15.8. The van der Waals surface area contributed by atoms with Gasteiger partial charge < -0.3 is 0 Å². The number of halogens is 1. The number of imidazole rings is 1. The highest BCUT2D eigenvalue weighted by Crippen LogP contribution is 2.24. The van der Waals surface area contributed by atoms with Crippen LogP contribution in [0.4, 0.5) is 0 Å². The minimum atomic E-state index is -3.94. The highest BCUT2D eigenvalue weighted by molar-refractivity contribution is 7.91. The van der Waals surface area contributed by atoms with Gasteiger partial charge in [-0.3, -0.25) is 4.40 Å². The van der Waals surface area contributed by atoms with Gasteiger partial charge in [0.15, 0.2) is 10.2 Å². The van der Waals surface area contributed by atoms with Crippen molar-refractivity contribution in [3.63, 3.8) is 0 Å². The average Bonchev–Trinajstić information content (AvgIpc) is 2.71. The second kappa shape index (κ2) is 5.56. The molecule has 0 fully saturated rings. The van der Waals surface area contributed by atoms with Crippen molar-refractivity contribution < 1.29 is 16.8 Å². The molecule has 2 aromatic rings. The Morgan fingerprint density at radius 3 is 2.57 bits per heavy atom. The first-order valence-electron chi connectivity index (χ1n) is 5.89. The van der Waals surface area contributed by atoms with E-state index >= 15 is 0 Å². The molecule has 0 saturated carbocycles. The van der Waals surface area contributed by atoms with Crippen molar-refractivity contribution in [3.05, 3.63) is 29.5 Å². The molecular weight excluding hydrogens is 338 g/mol. The lowest BCUT2D eigenvalue weighted by molar-refractivity contribution is 0.481. The topological polar surface area (TPSA) is 88.8 Å². The van der Waals surface area contributed by atoms with Gasteiger partial charge in [-0.25, -0.2) is 21.8 Å². The first kappa shape index (κ1) is 16.2. The van der Waals surface area contributed by atoms with Crippen LogP contribution < -0.4 is 0 Å². The molecule has 0 N–H and O–H groups in total. The van der Waals surface area contributed by atoms with E-state index in [1.165, 1.54) is 17.6 Å². The second-order valence-corrected chi connectivity index (χ2v) is 9.17. The summed E-state index contributed by atoms with van der Waals surface area (Å²) in [4.78, 5) is 3.97. The molecule has 0 bridgehead atoms. The molecule has 0 aromatic carbocycles. The predicted octanol–water partition coefficient (Wildman–Crippen LogP) is 0.653. The van der Waals surface area contributed by atoms with Crippen molar-refractivity contribution in [2.45, 2.75) is 5.03 Å². The Kier molecular flexibility index (Phi) is 4.29. The van der Waals surface area contributed by atoms with Crippen molar-refractivity contribution in [1.29, 1.82) is 0 Å². The fraction of sp³-hybridized carbons (Fsp3) is 0.364. The van der Waals surface area contributed by atoms with Crippen LogP contribution in [-0.2, 0) is 19.9 Å². The van der Waals surface area contributed by atoms with E-state index in [-0.39, 0.29) is 22.5 Å². The van der Waals surface area contributed by atoms with Gasteiger partial charge in [0.25, 0.3) is 10.0 Å². The van der Waals surface area contributed by atoms with E-state index in [2.05, 4.69) is 4.98 Å². The van der Waals surface area contributed by atoms with Gasteiger partial charge in [0.1, 0.15) is 15.5 Å². The third-order valence-electron chi connectivity index (χ3n) is 2.88. The van der Waals surface area contributed by atoms with Crippen LogP contribution in [0.5, 0.6) is 0 Å². The van der Waals surface area contributed by atoms with Gasteiger partial charge in [0.05, 0.1) is 5.75 Å². The van der Waals surface area contributed by atoms with Gasteiger partial charge in [-0.05, 0) is 12.1 Å². The number of sulfonamides is 1. The molecule has 0 atom stereocenters. The van der Waals surface area contributed by atoms with Crippen molar-refractivity contribution in [3.8, 4) is 0 Å². The summed E-state index contributed by atoms with van der Waals surface area (Å²) < 4.78 is 49.7. The Labute approximate surface area is 128 Å². The van der Waals surface area contributed by atoms with Crippen LogP contribution in [0.1, 0.15) is 0 Å². The third kappa shape index (κ3) is 3.37. The maximum atomic E-state index is 12.5. The molecule has 7 nitrogen and oxygen atoms in total. The van der Waals surface area contributed by atoms with Crippen molar-refractivity contribution >= 4 is 37.1 Å². The molecule has 2 aromatic heterocycles. The molecule has 2 heterocycles. The molecule has 0 spiro atoms. The molecule has 0 aliphatic heterocycles. The zero-order valence-corrected chi connectivity index (χ0v) is 13.8. The lowest BCUT2D eigenvalue weighted by Crippen LogP contribution is -2.32. The van der Waals surface area contributed by atoms with Crippen LogP contribution in [0.2, 0.25) is 5.15 Å². The number of pyridine rings is 1. The average molecular weight is 352 g/mol. The van der Waals surface area contributed by atoms with Crippen molar-refractivity contribution in [2.75, 3.05) is 25.6 Å². The number of hydrogen-bond donors (Lipinski definition) is 0. The smallest absolute Gasteiger partial charge is 0.262 e. The van der Waals surface area contributed by atoms with E-state index in [9.17, 15) is 16.8 Å². The number of nitrogens with zero attached hydrogens (tertiary/aromatic N) is 3. The molecule has 21 heavy (non-hydrogen) atoms. The van der Waals surface area contributed by atoms with Gasteiger partial charge in [0.2, 0.25) is 0 Å². The summed E-state index contributed by atoms with van der Waals surface area (Å²) in [6.45, 7) is -0.155. The summed E-state index contributed by atoms with van der Waals surface area (Å²) in [6, 6.07) is 4.99. The standard InChI is InChI=1S/C11H14ClN3O4S2/c1-14(7-8-20(2,16)17)21(18,19)11-10(12)13-9-5-3-4-6-15(9)11/h3-6H,7-8H2,1-2H3. The van der Waals surface area contributed by atoms with E-state index in [0.29, 0.717) is 5.65 Å². The van der Waals surface area contributed by atoms with E-state index < -0.39 is 19.9 Å². The van der Waals surface area contributed by atoms with Gasteiger partial charge in [0, 0.05) is 26.0 Å². The maximum Gasteiger partial charge on any atom is 0.262 e. The van der Waals surface area contributed by atoms with Crippen LogP contribution in [0, 0.1) is 0 Å². The Morgan fingerprint density at radius 1 is 1.29 bits per heavy atom. The van der Waals surface area contributed by atoms with E-state index in [1.807, 2.05) is 0 Å². The molecule has 116 valence electrons. The molecular formula is C11H14ClN3O4S2. The summed E-state index contributed by atoms with van der Waals surface area (Å²) >= 11 is 5.93. The summed E-state index contributed by atoms with van der Waals surface area (Å²) in [5, 5.41) is -0.317. The van der Waals surface area contributed by atoms with Crippen molar-refractivity contribution in [1.82, 2.24) is 13.7 Å². The molecule has 0 amide bonds. The maximum absolute atomic E-state index is 12.5. The molecule has 0 radical (unpaired) electrons. The van der Waals surface area contributed by atoms with Gasteiger partial charge >= 0.3 is 0 Å². The Morgan fingerprint density at radius 2 is 1.95 bits per heavy atom. The first-order chi connectivity index (χ1) is 9.63. The SMILES string of the molecule is CN(CCS(C)(=O)=O)S(=O)(=O)c1c(Cl)nc2ccccn12. The number of hydrogen-bond acceptors (Lipinski definition) is 5. The minimum absolute atomic E-state index is 0.146. The van der Waals surface area contributed by atoms with Crippen LogP contribution in [0.3, 0.4) is 0 Å². The quantitative estimate of drug-likeness (QED) is 0.789. The lowest BCUT2D eigenvalue weighted by Gasteiger charge is -2.16. The Balaban J connectivity index is 2.44. The van der Waals surface area contributed by atoms with Crippen LogP contribution in [-0.4, -0.2) is 56.1 Å². The number of aromatic nitrogens is 2. The molecule has 2 rings (SSSR count). The second-order valence-electron chi connectivity index (χ2n) is 4.59. The molecule has 10 heteroatoms. The minimum Gasteiger partial charge on any atom is -0.288 e. The highest BCUT2D eigenvalue weighted by atomic mass is 35.5. The zero-order valence-electron chi connectivity index (χ0n) is 11.4. The number of rotatable bonds is 5. The van der Waals surface area contributed by atoms with E-state index in [1.54, 1.807) is 18.2 Å². The van der Waals surface area contributed by atoms with E-state index in [0.717, 1.165) is 10.6 Å². The molecule has 0 saturated heterocycles. The van der Waals surface area contributed by atoms with Crippen molar-refractivity contribution in [2.24, 2.45) is 0 Å². The summed E-state index contributed by atoms with van der Waals surface area (Å²) in [7, 11) is -5.90. The summed E-state index contributed by atoms with van der Waals surface area (Å²) in [5.74, 6) is -0.267. The lowest BCUT2D eigenvalue weighted by atomic mass is 10.5. The number of sulfone groups is 1. The fourth-order valence-electron chi connectivity index (χ4n) is 1.74. The third-order valence-corrected chi connectivity index (χ3v) is 6.06. The molecule has 0 aliphatic rings. The highest BCUT2D eigenvalue weighted by Gasteiger charge is 2.29. The van der Waals surface area contributed by atoms with Gasteiger partial charge in [-0.1, -0.05) is 17.7 Å². The summed E-state index contributed by atoms with van der Waals surface area (Å²) in [6.07, 6.45) is 2.58. The van der Waals surface area contributed by atoms with Crippen LogP contribution in [0.15, 0.2) is 29.4 Å². The molecule has 0 unspecified atom stereocenters. The van der Waals surface area contributed by atoms with Crippen LogP contribution >= 0.6 is 11.6 Å². The van der Waals surface area contributed by atoms with Gasteiger partial charge in [-0.15, -0.1) is 0 Å². The van der Waals surface area contributed by atoms with E-state index in [4.69, 9.17) is 11.6 Å². The largest absolute Gasteiger partial charge is 0.288 e. The Hall–Kier alpha value is -1.16.